The Labute approximate surface area is 200 Å². The van der Waals surface area contributed by atoms with Crippen molar-refractivity contribution >= 4 is 0 Å². The monoisotopic (exact) mass is 494 g/mol. The summed E-state index contributed by atoms with van der Waals surface area (Å²) in [5, 5.41) is 70.2. The molecule has 3 rings (SSSR count). The third kappa shape index (κ3) is 7.07. The van der Waals surface area contributed by atoms with E-state index in [0.717, 1.165) is 25.2 Å². The second-order valence-corrected chi connectivity index (χ2v) is 9.73. The van der Waals surface area contributed by atoms with E-state index >= 15 is 0 Å². The second-order valence-electron chi connectivity index (χ2n) is 9.73. The summed E-state index contributed by atoms with van der Waals surface area (Å²) in [5.41, 5.74) is 0. The zero-order valence-electron chi connectivity index (χ0n) is 19.6. The molecule has 11 heteroatoms. The zero-order valence-corrected chi connectivity index (χ0v) is 19.6. The van der Waals surface area contributed by atoms with Gasteiger partial charge in [-0.25, -0.2) is 0 Å². The van der Waals surface area contributed by atoms with E-state index in [-0.39, 0.29) is 0 Å². The summed E-state index contributed by atoms with van der Waals surface area (Å²) in [6.07, 6.45) is -3.49. The molecule has 3 fully saturated rings. The first-order valence-corrected chi connectivity index (χ1v) is 12.6. The molecule has 2 saturated heterocycles. The van der Waals surface area contributed by atoms with Crippen LogP contribution in [0.15, 0.2) is 0 Å². The topological polar surface area (TPSA) is 179 Å². The smallest absolute Gasteiger partial charge is 0.187 e. The van der Waals surface area contributed by atoms with Crippen molar-refractivity contribution in [3.63, 3.8) is 0 Å². The standard InChI is InChI=1S/C23H42O11/c24-11-14-16(26)17(27)19(29)23(32-14)34-21-15(12-25)33-22(20(30)18(21)28)31-10-6-2-5-9-13-7-3-1-4-8-13/h13-30H,1-12H2/t14?,15?,16-,17-,18+,19?,20?,21-,22-,23-/m1/s1. The fraction of sp³-hybridized carbons (Fsp3) is 1.00. The van der Waals surface area contributed by atoms with Gasteiger partial charge in [-0.3, -0.25) is 0 Å². The average Bonchev–Trinajstić information content (AvgIpc) is 2.85. The highest BCUT2D eigenvalue weighted by atomic mass is 16.7. The van der Waals surface area contributed by atoms with Crippen LogP contribution in [0.3, 0.4) is 0 Å². The van der Waals surface area contributed by atoms with E-state index in [4.69, 9.17) is 18.9 Å². The lowest BCUT2D eigenvalue weighted by Crippen LogP contribution is -2.64. The maximum atomic E-state index is 10.6. The minimum absolute atomic E-state index is 0.329. The molecule has 0 aromatic heterocycles. The summed E-state index contributed by atoms with van der Waals surface area (Å²) >= 11 is 0. The van der Waals surface area contributed by atoms with Gasteiger partial charge in [0.05, 0.1) is 13.2 Å². The molecule has 11 nitrogen and oxygen atoms in total. The Hall–Kier alpha value is -0.440. The molecule has 2 aliphatic heterocycles. The van der Waals surface area contributed by atoms with Crippen LogP contribution in [0.4, 0.5) is 0 Å². The van der Waals surface area contributed by atoms with Gasteiger partial charge in [0.25, 0.3) is 0 Å². The molecule has 0 aromatic rings. The molecule has 7 N–H and O–H groups in total. The molecule has 1 aliphatic carbocycles. The minimum Gasteiger partial charge on any atom is -0.394 e. The number of hydrogen-bond acceptors (Lipinski definition) is 11. The number of unbranched alkanes of at least 4 members (excludes halogenated alkanes) is 2. The molecular formula is C23H42O11. The van der Waals surface area contributed by atoms with Gasteiger partial charge in [0.2, 0.25) is 0 Å². The predicted octanol–water partition coefficient (Wildman–Crippen LogP) is -1.23. The number of rotatable bonds is 11. The summed E-state index contributed by atoms with van der Waals surface area (Å²) in [4.78, 5) is 0. The summed E-state index contributed by atoms with van der Waals surface area (Å²) in [6, 6.07) is 0. The first kappa shape index (κ1) is 28.1. The second kappa shape index (κ2) is 13.8. The van der Waals surface area contributed by atoms with Crippen LogP contribution in [0.5, 0.6) is 0 Å². The van der Waals surface area contributed by atoms with Gasteiger partial charge in [-0.1, -0.05) is 51.4 Å². The summed E-state index contributed by atoms with van der Waals surface area (Å²) < 4.78 is 22.1. The maximum absolute atomic E-state index is 10.6. The Morgan fingerprint density at radius 1 is 0.647 bits per heavy atom. The fourth-order valence-corrected chi connectivity index (χ4v) is 5.08. The number of ether oxygens (including phenoxy) is 4. The van der Waals surface area contributed by atoms with E-state index in [0.29, 0.717) is 6.61 Å². The number of aliphatic hydroxyl groups excluding tert-OH is 7. The van der Waals surface area contributed by atoms with E-state index in [2.05, 4.69) is 0 Å². The van der Waals surface area contributed by atoms with E-state index in [1.54, 1.807) is 0 Å². The van der Waals surface area contributed by atoms with Crippen LogP contribution in [0.2, 0.25) is 0 Å². The van der Waals surface area contributed by atoms with Gasteiger partial charge in [0.15, 0.2) is 12.6 Å². The molecule has 0 amide bonds. The molecular weight excluding hydrogens is 452 g/mol. The molecule has 3 aliphatic rings. The molecule has 10 atom stereocenters. The van der Waals surface area contributed by atoms with Gasteiger partial charge in [-0.05, 0) is 12.3 Å². The van der Waals surface area contributed by atoms with Crippen molar-refractivity contribution in [1.82, 2.24) is 0 Å². The molecule has 0 spiro atoms. The van der Waals surface area contributed by atoms with E-state index < -0.39 is 74.6 Å². The van der Waals surface area contributed by atoms with Crippen LogP contribution in [-0.4, -0.2) is 117 Å². The number of hydrogen-bond donors (Lipinski definition) is 7. The quantitative estimate of drug-likeness (QED) is 0.171. The summed E-state index contributed by atoms with van der Waals surface area (Å²) in [6.45, 7) is -0.889. The highest BCUT2D eigenvalue weighted by Gasteiger charge is 2.50. The maximum Gasteiger partial charge on any atom is 0.187 e. The summed E-state index contributed by atoms with van der Waals surface area (Å²) in [7, 11) is 0. The average molecular weight is 495 g/mol. The first-order chi connectivity index (χ1) is 16.4. The van der Waals surface area contributed by atoms with Crippen molar-refractivity contribution in [3.8, 4) is 0 Å². The Balaban J connectivity index is 1.45. The van der Waals surface area contributed by atoms with Gasteiger partial charge < -0.3 is 54.7 Å². The highest BCUT2D eigenvalue weighted by molar-refractivity contribution is 4.94. The van der Waals surface area contributed by atoms with Gasteiger partial charge in [-0.15, -0.1) is 0 Å². The Morgan fingerprint density at radius 2 is 1.29 bits per heavy atom. The molecule has 200 valence electrons. The largest absolute Gasteiger partial charge is 0.394 e. The van der Waals surface area contributed by atoms with Crippen LogP contribution in [0.25, 0.3) is 0 Å². The Morgan fingerprint density at radius 3 is 1.97 bits per heavy atom. The predicted molar refractivity (Wildman–Crippen MR) is 117 cm³/mol. The molecule has 0 bridgehead atoms. The van der Waals surface area contributed by atoms with Crippen molar-refractivity contribution in [3.05, 3.63) is 0 Å². The number of aliphatic hydroxyl groups is 7. The van der Waals surface area contributed by atoms with Crippen LogP contribution in [0.1, 0.15) is 57.8 Å². The van der Waals surface area contributed by atoms with E-state index in [1.165, 1.54) is 38.5 Å². The third-order valence-corrected chi connectivity index (χ3v) is 7.22. The van der Waals surface area contributed by atoms with Crippen LogP contribution in [0, 0.1) is 5.92 Å². The zero-order chi connectivity index (χ0) is 24.7. The molecule has 1 saturated carbocycles. The van der Waals surface area contributed by atoms with Crippen LogP contribution < -0.4 is 0 Å². The fourth-order valence-electron chi connectivity index (χ4n) is 5.08. The van der Waals surface area contributed by atoms with Crippen molar-refractivity contribution in [2.24, 2.45) is 5.92 Å². The van der Waals surface area contributed by atoms with E-state index in [1.807, 2.05) is 0 Å². The normalized spacial score (nSPS) is 42.1. The Kier molecular flexibility index (Phi) is 11.4. The minimum atomic E-state index is -1.69. The van der Waals surface area contributed by atoms with Crippen LogP contribution in [-0.2, 0) is 18.9 Å². The summed E-state index contributed by atoms with van der Waals surface area (Å²) in [5.74, 6) is 0.833. The lowest BCUT2D eigenvalue weighted by Gasteiger charge is -2.45. The van der Waals surface area contributed by atoms with Crippen molar-refractivity contribution < 1.29 is 54.7 Å². The SMILES string of the molecule is OCC1O[C@H](O[C@@H]2C(CO)O[C@@H](OCCCCCC3CCCCC3)C(O)[C@@H]2O)C(O)[C@H](O)[C@@H]1O. The van der Waals surface area contributed by atoms with Crippen molar-refractivity contribution in [2.45, 2.75) is 119 Å². The van der Waals surface area contributed by atoms with Gasteiger partial charge in [0.1, 0.15) is 48.8 Å². The van der Waals surface area contributed by atoms with Crippen molar-refractivity contribution in [1.29, 1.82) is 0 Å². The lowest BCUT2D eigenvalue weighted by atomic mass is 9.86. The molecule has 0 radical (unpaired) electrons. The molecule has 2 heterocycles. The molecule has 0 aromatic carbocycles. The van der Waals surface area contributed by atoms with Gasteiger partial charge >= 0.3 is 0 Å². The molecule has 4 unspecified atom stereocenters. The highest BCUT2D eigenvalue weighted by Crippen LogP contribution is 2.30. The van der Waals surface area contributed by atoms with Crippen LogP contribution >= 0.6 is 0 Å². The van der Waals surface area contributed by atoms with Crippen molar-refractivity contribution in [2.75, 3.05) is 19.8 Å². The van der Waals surface area contributed by atoms with Gasteiger partial charge in [0, 0.05) is 6.61 Å². The first-order valence-electron chi connectivity index (χ1n) is 12.6. The van der Waals surface area contributed by atoms with E-state index in [9.17, 15) is 35.7 Å². The molecule has 34 heavy (non-hydrogen) atoms. The van der Waals surface area contributed by atoms with Gasteiger partial charge in [-0.2, -0.15) is 0 Å². The Bertz CT molecular complexity index is 571. The lowest BCUT2D eigenvalue weighted by molar-refractivity contribution is -0.359. The third-order valence-electron chi connectivity index (χ3n) is 7.22.